The van der Waals surface area contributed by atoms with Crippen LogP contribution in [0.3, 0.4) is 0 Å². The zero-order chi connectivity index (χ0) is 13.4. The van der Waals surface area contributed by atoms with Gasteiger partial charge in [-0.25, -0.2) is 0 Å². The Morgan fingerprint density at radius 1 is 1.59 bits per heavy atom. The maximum Gasteiger partial charge on any atom is 0.226 e. The maximum atomic E-state index is 12.1. The highest BCUT2D eigenvalue weighted by atomic mass is 32.2. The molecule has 1 fully saturated rings. The molecule has 17 heavy (non-hydrogen) atoms. The molecule has 0 aromatic heterocycles. The molecule has 1 rings (SSSR count). The summed E-state index contributed by atoms with van der Waals surface area (Å²) in [6, 6.07) is 0. The quantitative estimate of drug-likeness (QED) is 0.774. The Kier molecular flexibility index (Phi) is 4.12. The molecule has 1 aliphatic rings. The molecule has 0 radical (unpaired) electrons. The van der Waals surface area contributed by atoms with Gasteiger partial charge in [0.2, 0.25) is 5.12 Å². The average molecular weight is 258 g/mol. The Hall–Kier alpha value is -0.320. The average Bonchev–Trinajstić information content (AvgIpc) is 2.54. The molecular formula is C13H22O3S. The standard InChI is InChI=1S/C13H22O3S/c1-7-8(2)9(14)13(6)10(15)17-11(16-13)12(3,4)5/h7,9,11,14H,1-6H3/t9?,11-,13+/m0/s1. The predicted molar refractivity (Wildman–Crippen MR) is 70.8 cm³/mol. The SMILES string of the molecule is CC=C(C)C(O)[C@@]1(C)O[C@H](C(C)(C)C)SC1=O. The second-order valence-corrected chi connectivity index (χ2v) is 6.80. The summed E-state index contributed by atoms with van der Waals surface area (Å²) < 4.78 is 5.83. The Morgan fingerprint density at radius 3 is 2.47 bits per heavy atom. The van der Waals surface area contributed by atoms with Gasteiger partial charge in [0.05, 0.1) is 0 Å². The van der Waals surface area contributed by atoms with Crippen molar-refractivity contribution in [2.24, 2.45) is 5.41 Å². The Labute approximate surface area is 108 Å². The molecule has 0 spiro atoms. The minimum Gasteiger partial charge on any atom is -0.385 e. The number of allylic oxidation sites excluding steroid dienone is 1. The lowest BCUT2D eigenvalue weighted by molar-refractivity contribution is -0.148. The first kappa shape index (κ1) is 14.7. The highest BCUT2D eigenvalue weighted by molar-refractivity contribution is 8.14. The summed E-state index contributed by atoms with van der Waals surface area (Å²) in [6.07, 6.45) is 0.932. The molecule has 1 N–H and O–H groups in total. The van der Waals surface area contributed by atoms with E-state index in [4.69, 9.17) is 4.74 Å². The van der Waals surface area contributed by atoms with E-state index in [1.807, 2.05) is 40.7 Å². The molecule has 0 aliphatic carbocycles. The number of hydrogen-bond donors (Lipinski definition) is 1. The second-order valence-electron chi connectivity index (χ2n) is 5.76. The summed E-state index contributed by atoms with van der Waals surface area (Å²) in [5, 5.41) is 10.1. The summed E-state index contributed by atoms with van der Waals surface area (Å²) in [4.78, 5) is 12.1. The topological polar surface area (TPSA) is 46.5 Å². The highest BCUT2D eigenvalue weighted by Gasteiger charge is 2.53. The molecule has 0 bridgehead atoms. The van der Waals surface area contributed by atoms with Crippen molar-refractivity contribution in [2.45, 2.75) is 58.7 Å². The fourth-order valence-corrected chi connectivity index (χ4v) is 2.82. The van der Waals surface area contributed by atoms with E-state index in [1.165, 1.54) is 11.8 Å². The lowest BCUT2D eigenvalue weighted by Crippen LogP contribution is -2.46. The number of hydrogen-bond acceptors (Lipinski definition) is 4. The van der Waals surface area contributed by atoms with Crippen molar-refractivity contribution in [1.82, 2.24) is 0 Å². The molecule has 1 aliphatic heterocycles. The maximum absolute atomic E-state index is 12.1. The predicted octanol–water partition coefficient (Wildman–Crippen LogP) is 2.73. The van der Waals surface area contributed by atoms with Gasteiger partial charge in [0.1, 0.15) is 11.5 Å². The lowest BCUT2D eigenvalue weighted by Gasteiger charge is -2.31. The van der Waals surface area contributed by atoms with Crippen molar-refractivity contribution in [2.75, 3.05) is 0 Å². The smallest absolute Gasteiger partial charge is 0.226 e. The molecule has 0 aromatic carbocycles. The first-order valence-electron chi connectivity index (χ1n) is 5.82. The second kappa shape index (κ2) is 4.75. The third-order valence-corrected chi connectivity index (χ3v) is 4.72. The molecular weight excluding hydrogens is 236 g/mol. The molecule has 98 valence electrons. The number of thioether (sulfide) groups is 1. The van der Waals surface area contributed by atoms with Gasteiger partial charge in [-0.2, -0.15) is 0 Å². The summed E-state index contributed by atoms with van der Waals surface area (Å²) in [5.41, 5.74) is -0.698. The fraction of sp³-hybridized carbons (Fsp3) is 0.769. The number of ether oxygens (including phenoxy) is 1. The van der Waals surface area contributed by atoms with Gasteiger partial charge in [-0.3, -0.25) is 4.79 Å². The molecule has 0 saturated carbocycles. The van der Waals surface area contributed by atoms with E-state index in [0.29, 0.717) is 0 Å². The van der Waals surface area contributed by atoms with E-state index in [-0.39, 0.29) is 16.0 Å². The highest BCUT2D eigenvalue weighted by Crippen LogP contribution is 2.45. The molecule has 3 nitrogen and oxygen atoms in total. The molecule has 1 heterocycles. The first-order valence-corrected chi connectivity index (χ1v) is 6.70. The van der Waals surface area contributed by atoms with Crippen LogP contribution < -0.4 is 0 Å². The van der Waals surface area contributed by atoms with Gasteiger partial charge < -0.3 is 9.84 Å². The van der Waals surface area contributed by atoms with Crippen LogP contribution in [0.2, 0.25) is 0 Å². The number of aliphatic hydroxyl groups excluding tert-OH is 1. The van der Waals surface area contributed by atoms with Crippen molar-refractivity contribution in [3.8, 4) is 0 Å². The van der Waals surface area contributed by atoms with Crippen LogP contribution in [0.5, 0.6) is 0 Å². The van der Waals surface area contributed by atoms with Crippen LogP contribution in [0.25, 0.3) is 0 Å². The Bertz CT molecular complexity index is 343. The van der Waals surface area contributed by atoms with Crippen LogP contribution in [0.4, 0.5) is 0 Å². The van der Waals surface area contributed by atoms with Crippen molar-refractivity contribution in [3.05, 3.63) is 11.6 Å². The van der Waals surface area contributed by atoms with E-state index < -0.39 is 11.7 Å². The van der Waals surface area contributed by atoms with E-state index in [9.17, 15) is 9.90 Å². The van der Waals surface area contributed by atoms with Crippen molar-refractivity contribution in [3.63, 3.8) is 0 Å². The summed E-state index contributed by atoms with van der Waals surface area (Å²) in [6.45, 7) is 11.4. The van der Waals surface area contributed by atoms with Gasteiger partial charge in [-0.05, 0) is 31.8 Å². The van der Waals surface area contributed by atoms with E-state index in [1.54, 1.807) is 6.92 Å². The van der Waals surface area contributed by atoms with E-state index in [0.717, 1.165) is 5.57 Å². The van der Waals surface area contributed by atoms with Crippen LogP contribution in [0.1, 0.15) is 41.5 Å². The van der Waals surface area contributed by atoms with Crippen LogP contribution in [-0.2, 0) is 9.53 Å². The molecule has 0 amide bonds. The van der Waals surface area contributed by atoms with Crippen LogP contribution in [0, 0.1) is 5.41 Å². The van der Waals surface area contributed by atoms with E-state index in [2.05, 4.69) is 0 Å². The van der Waals surface area contributed by atoms with Gasteiger partial charge >= 0.3 is 0 Å². The molecule has 0 aromatic rings. The number of carbonyl (C=O) groups is 1. The van der Waals surface area contributed by atoms with Crippen LogP contribution >= 0.6 is 11.8 Å². The Morgan fingerprint density at radius 2 is 2.12 bits per heavy atom. The zero-order valence-electron chi connectivity index (χ0n) is 11.4. The minimum absolute atomic E-state index is 0.0916. The monoisotopic (exact) mass is 258 g/mol. The van der Waals surface area contributed by atoms with E-state index >= 15 is 0 Å². The first-order chi connectivity index (χ1) is 7.63. The summed E-state index contributed by atoms with van der Waals surface area (Å²) >= 11 is 1.19. The lowest BCUT2D eigenvalue weighted by atomic mass is 9.93. The largest absolute Gasteiger partial charge is 0.385 e. The van der Waals surface area contributed by atoms with Crippen molar-refractivity contribution in [1.29, 1.82) is 0 Å². The normalized spacial score (nSPS) is 33.0. The van der Waals surface area contributed by atoms with Gasteiger partial charge in [-0.15, -0.1) is 0 Å². The van der Waals surface area contributed by atoms with Crippen LogP contribution in [-0.4, -0.2) is 27.4 Å². The third-order valence-electron chi connectivity index (χ3n) is 3.09. The number of rotatable bonds is 2. The van der Waals surface area contributed by atoms with Gasteiger partial charge in [0.25, 0.3) is 0 Å². The summed E-state index contributed by atoms with van der Waals surface area (Å²) in [5.74, 6) is 0. The Balaban J connectivity index is 2.96. The summed E-state index contributed by atoms with van der Waals surface area (Å²) in [7, 11) is 0. The minimum atomic E-state index is -1.13. The van der Waals surface area contributed by atoms with Gasteiger partial charge in [-0.1, -0.05) is 38.6 Å². The molecule has 4 heteroatoms. The van der Waals surface area contributed by atoms with Crippen molar-refractivity contribution < 1.29 is 14.6 Å². The fourth-order valence-electron chi connectivity index (χ4n) is 1.63. The third kappa shape index (κ3) is 2.75. The van der Waals surface area contributed by atoms with Gasteiger partial charge in [0.15, 0.2) is 5.60 Å². The number of aliphatic hydroxyl groups is 1. The van der Waals surface area contributed by atoms with Gasteiger partial charge in [0, 0.05) is 0 Å². The molecule has 1 unspecified atom stereocenters. The van der Waals surface area contributed by atoms with Crippen LogP contribution in [0.15, 0.2) is 11.6 Å². The molecule has 3 atom stereocenters. The number of carbonyl (C=O) groups excluding carboxylic acids is 1. The van der Waals surface area contributed by atoms with Crippen molar-refractivity contribution >= 4 is 16.9 Å². The molecule has 1 saturated heterocycles. The zero-order valence-corrected chi connectivity index (χ0v) is 12.2.